The zero-order valence-electron chi connectivity index (χ0n) is 14.3. The van der Waals surface area contributed by atoms with E-state index in [1.165, 1.54) is 16.8 Å². The fraction of sp³-hybridized carbons (Fsp3) is 0.300. The molecular weight excluding hydrogens is 413 g/mol. The summed E-state index contributed by atoms with van der Waals surface area (Å²) >= 11 is 2.29. The largest absolute Gasteiger partial charge is 0.490 e. The van der Waals surface area contributed by atoms with E-state index in [1.54, 1.807) is 6.08 Å². The molecule has 0 spiro atoms. The Morgan fingerprint density at radius 3 is 2.67 bits per heavy atom. The number of aryl methyl sites for hydroxylation is 1. The molecule has 128 valence electrons. The molecule has 2 rings (SSSR count). The first-order valence-electron chi connectivity index (χ1n) is 8.20. The van der Waals surface area contributed by atoms with E-state index in [0.717, 1.165) is 28.0 Å². The van der Waals surface area contributed by atoms with Crippen molar-refractivity contribution in [2.75, 3.05) is 18.5 Å². The van der Waals surface area contributed by atoms with Crippen molar-refractivity contribution in [2.45, 2.75) is 26.8 Å². The lowest BCUT2D eigenvalue weighted by Gasteiger charge is -2.16. The number of benzene rings is 2. The quantitative estimate of drug-likeness (QED) is 0.419. The van der Waals surface area contributed by atoms with Gasteiger partial charge in [0.25, 0.3) is 0 Å². The monoisotopic (exact) mass is 437 g/mol. The highest BCUT2D eigenvalue weighted by Crippen LogP contribution is 2.34. The molecule has 1 N–H and O–H groups in total. The highest BCUT2D eigenvalue weighted by atomic mass is 127. The summed E-state index contributed by atoms with van der Waals surface area (Å²) in [5.74, 6) is 1.57. The van der Waals surface area contributed by atoms with Gasteiger partial charge in [-0.15, -0.1) is 0 Å². The first-order chi connectivity index (χ1) is 11.7. The summed E-state index contributed by atoms with van der Waals surface area (Å²) < 4.78 is 12.6. The Balaban J connectivity index is 2.19. The molecule has 0 aliphatic carbocycles. The van der Waals surface area contributed by atoms with Crippen molar-refractivity contribution in [2.24, 2.45) is 0 Å². The van der Waals surface area contributed by atoms with Crippen LogP contribution in [0.1, 0.15) is 25.0 Å². The summed E-state index contributed by atoms with van der Waals surface area (Å²) in [5.41, 5.74) is 3.67. The topological polar surface area (TPSA) is 30.5 Å². The van der Waals surface area contributed by atoms with Gasteiger partial charge in [-0.25, -0.2) is 0 Å². The first-order valence-corrected chi connectivity index (χ1v) is 9.28. The lowest BCUT2D eigenvalue weighted by molar-refractivity contribution is 0.295. The molecule has 2 aromatic rings. The number of hydrogen-bond donors (Lipinski definition) is 1. The smallest absolute Gasteiger partial charge is 0.174 e. The molecule has 24 heavy (non-hydrogen) atoms. The average Bonchev–Trinajstić information content (AvgIpc) is 2.59. The third-order valence-electron chi connectivity index (χ3n) is 3.60. The molecular formula is C20H24INO2. The molecule has 4 heteroatoms. The summed E-state index contributed by atoms with van der Waals surface area (Å²) in [5, 5.41) is 3.52. The molecule has 0 bridgehead atoms. The van der Waals surface area contributed by atoms with Gasteiger partial charge in [0, 0.05) is 12.2 Å². The van der Waals surface area contributed by atoms with E-state index in [1.807, 2.05) is 13.0 Å². The van der Waals surface area contributed by atoms with Gasteiger partial charge < -0.3 is 14.8 Å². The van der Waals surface area contributed by atoms with Crippen molar-refractivity contribution in [1.82, 2.24) is 0 Å². The second kappa shape index (κ2) is 9.57. The van der Waals surface area contributed by atoms with Crippen LogP contribution in [0, 0.1) is 3.57 Å². The van der Waals surface area contributed by atoms with Crippen LogP contribution in [0.25, 0.3) is 0 Å². The zero-order chi connectivity index (χ0) is 17.4. The fourth-order valence-corrected chi connectivity index (χ4v) is 3.29. The van der Waals surface area contributed by atoms with Gasteiger partial charge in [0.1, 0.15) is 6.61 Å². The van der Waals surface area contributed by atoms with Crippen LogP contribution in [0.15, 0.2) is 49.1 Å². The van der Waals surface area contributed by atoms with E-state index in [-0.39, 0.29) is 0 Å². The van der Waals surface area contributed by atoms with Gasteiger partial charge >= 0.3 is 0 Å². The maximum Gasteiger partial charge on any atom is 0.174 e. The Bertz CT molecular complexity index is 685. The number of para-hydroxylation sites is 1. The maximum atomic E-state index is 5.76. The van der Waals surface area contributed by atoms with Crippen molar-refractivity contribution in [3.8, 4) is 11.5 Å². The molecule has 2 aromatic carbocycles. The van der Waals surface area contributed by atoms with E-state index in [4.69, 9.17) is 9.47 Å². The summed E-state index contributed by atoms with van der Waals surface area (Å²) in [6.07, 6.45) is 2.75. The number of halogens is 1. The van der Waals surface area contributed by atoms with E-state index < -0.39 is 0 Å². The average molecular weight is 437 g/mol. The third-order valence-corrected chi connectivity index (χ3v) is 4.40. The van der Waals surface area contributed by atoms with Crippen LogP contribution in [-0.4, -0.2) is 13.2 Å². The van der Waals surface area contributed by atoms with Gasteiger partial charge in [0.2, 0.25) is 0 Å². The predicted molar refractivity (Wildman–Crippen MR) is 109 cm³/mol. The molecule has 0 fully saturated rings. The van der Waals surface area contributed by atoms with Crippen LogP contribution in [0.3, 0.4) is 0 Å². The Hall–Kier alpha value is -1.69. The molecule has 0 heterocycles. The Kier molecular flexibility index (Phi) is 7.43. The van der Waals surface area contributed by atoms with Gasteiger partial charge in [0.05, 0.1) is 10.2 Å². The van der Waals surface area contributed by atoms with E-state index >= 15 is 0 Å². The number of anilines is 1. The minimum atomic E-state index is 0.470. The maximum absolute atomic E-state index is 5.76. The SMILES string of the molecule is C=CCOc1c(I)cc(CNc2ccccc2CC)cc1OCC. The standard InChI is InChI=1S/C20H24INO2/c1-4-11-24-20-17(21)12-15(13-19(20)23-6-3)14-22-18-10-8-7-9-16(18)5-2/h4,7-10,12-13,22H,1,5-6,11,14H2,2-3H3. The predicted octanol–water partition coefficient (Wildman–Crippen LogP) is 5.43. The molecule has 3 nitrogen and oxygen atoms in total. The summed E-state index contributed by atoms with van der Waals surface area (Å²) in [4.78, 5) is 0. The van der Waals surface area contributed by atoms with Crippen LogP contribution in [0.5, 0.6) is 11.5 Å². The molecule has 0 radical (unpaired) electrons. The third kappa shape index (κ3) is 4.90. The minimum absolute atomic E-state index is 0.470. The number of rotatable bonds is 9. The van der Waals surface area contributed by atoms with Crippen molar-refractivity contribution in [1.29, 1.82) is 0 Å². The van der Waals surface area contributed by atoms with Crippen LogP contribution in [0.4, 0.5) is 5.69 Å². The van der Waals surface area contributed by atoms with Gasteiger partial charge in [-0.05, 0) is 65.3 Å². The van der Waals surface area contributed by atoms with Crippen LogP contribution in [0.2, 0.25) is 0 Å². The van der Waals surface area contributed by atoms with E-state index in [2.05, 4.69) is 71.7 Å². The zero-order valence-corrected chi connectivity index (χ0v) is 16.4. The lowest BCUT2D eigenvalue weighted by atomic mass is 10.1. The lowest BCUT2D eigenvalue weighted by Crippen LogP contribution is -2.05. The minimum Gasteiger partial charge on any atom is -0.490 e. The first kappa shape index (κ1) is 18.6. The molecule has 0 aromatic heterocycles. The highest BCUT2D eigenvalue weighted by molar-refractivity contribution is 14.1. The van der Waals surface area contributed by atoms with Crippen LogP contribution < -0.4 is 14.8 Å². The Labute approximate surface area is 158 Å². The molecule has 0 saturated carbocycles. The van der Waals surface area contributed by atoms with Crippen LogP contribution in [-0.2, 0) is 13.0 Å². The molecule has 0 unspecified atom stereocenters. The summed E-state index contributed by atoms with van der Waals surface area (Å²) in [6, 6.07) is 12.6. The molecule has 0 aliphatic heterocycles. The Morgan fingerprint density at radius 2 is 1.96 bits per heavy atom. The molecule has 0 saturated heterocycles. The van der Waals surface area contributed by atoms with Gasteiger partial charge in [-0.2, -0.15) is 0 Å². The summed E-state index contributed by atoms with van der Waals surface area (Å²) in [7, 11) is 0. The van der Waals surface area contributed by atoms with Crippen molar-refractivity contribution < 1.29 is 9.47 Å². The Morgan fingerprint density at radius 1 is 1.17 bits per heavy atom. The van der Waals surface area contributed by atoms with Crippen molar-refractivity contribution in [3.05, 3.63) is 63.8 Å². The second-order valence-corrected chi connectivity index (χ2v) is 6.46. The van der Waals surface area contributed by atoms with Crippen molar-refractivity contribution >= 4 is 28.3 Å². The van der Waals surface area contributed by atoms with Gasteiger partial charge in [0.15, 0.2) is 11.5 Å². The van der Waals surface area contributed by atoms with E-state index in [0.29, 0.717) is 13.2 Å². The normalized spacial score (nSPS) is 10.3. The second-order valence-electron chi connectivity index (χ2n) is 5.30. The molecule has 0 amide bonds. The van der Waals surface area contributed by atoms with Crippen molar-refractivity contribution in [3.63, 3.8) is 0 Å². The fourth-order valence-electron chi connectivity index (χ4n) is 2.47. The summed E-state index contributed by atoms with van der Waals surface area (Å²) in [6.45, 7) is 9.67. The number of ether oxygens (including phenoxy) is 2. The van der Waals surface area contributed by atoms with Gasteiger partial charge in [-0.3, -0.25) is 0 Å². The highest BCUT2D eigenvalue weighted by Gasteiger charge is 2.12. The number of nitrogens with one attached hydrogen (secondary N) is 1. The van der Waals surface area contributed by atoms with Crippen LogP contribution >= 0.6 is 22.6 Å². The van der Waals surface area contributed by atoms with Gasteiger partial charge in [-0.1, -0.05) is 37.8 Å². The van der Waals surface area contributed by atoms with E-state index in [9.17, 15) is 0 Å². The molecule has 0 aliphatic rings. The molecule has 0 atom stereocenters. The number of hydrogen-bond acceptors (Lipinski definition) is 3.